The number of carbonyl (C=O) groups excluding carboxylic acids is 1. The van der Waals surface area contributed by atoms with Gasteiger partial charge < -0.3 is 15.0 Å². The van der Waals surface area contributed by atoms with Gasteiger partial charge in [-0.2, -0.15) is 0 Å². The predicted molar refractivity (Wildman–Crippen MR) is 98.1 cm³/mol. The van der Waals surface area contributed by atoms with E-state index in [2.05, 4.69) is 23.5 Å². The van der Waals surface area contributed by atoms with Crippen molar-refractivity contribution in [1.29, 1.82) is 0 Å². The van der Waals surface area contributed by atoms with Crippen molar-refractivity contribution in [3.05, 3.63) is 64.2 Å². The molecule has 0 radical (unpaired) electrons. The molecule has 2 aromatic rings. The standard InChI is InChI=1S/C20H21ClN2O2/c1-23(18-10-9-13-5-2-3-6-14(13)18)20(24)22-17-11-12-25-19-15(17)7-4-8-16(19)21/h2-8,17-18H,9-12H2,1H3,(H,22,24). The summed E-state index contributed by atoms with van der Waals surface area (Å²) in [5.41, 5.74) is 3.55. The van der Waals surface area contributed by atoms with E-state index >= 15 is 0 Å². The van der Waals surface area contributed by atoms with Gasteiger partial charge in [-0.3, -0.25) is 0 Å². The number of nitrogens with one attached hydrogen (secondary N) is 1. The van der Waals surface area contributed by atoms with Crippen LogP contribution in [0.2, 0.25) is 5.02 Å². The van der Waals surface area contributed by atoms with Gasteiger partial charge in [0.1, 0.15) is 5.75 Å². The summed E-state index contributed by atoms with van der Waals surface area (Å²) in [6.45, 7) is 0.553. The molecule has 1 heterocycles. The van der Waals surface area contributed by atoms with Gasteiger partial charge in [-0.25, -0.2) is 4.79 Å². The first-order valence-corrected chi connectivity index (χ1v) is 9.05. The minimum Gasteiger partial charge on any atom is -0.492 e. The summed E-state index contributed by atoms with van der Waals surface area (Å²) in [7, 11) is 1.88. The Morgan fingerprint density at radius 1 is 1.16 bits per heavy atom. The molecular weight excluding hydrogens is 336 g/mol. The molecule has 2 unspecified atom stereocenters. The maximum atomic E-state index is 12.8. The molecule has 1 aliphatic carbocycles. The zero-order valence-corrected chi connectivity index (χ0v) is 14.9. The summed E-state index contributed by atoms with van der Waals surface area (Å²) in [5, 5.41) is 3.75. The van der Waals surface area contributed by atoms with Crippen molar-refractivity contribution in [2.24, 2.45) is 0 Å². The van der Waals surface area contributed by atoms with Crippen LogP contribution in [0.25, 0.3) is 0 Å². The van der Waals surface area contributed by atoms with E-state index in [9.17, 15) is 4.79 Å². The highest BCUT2D eigenvalue weighted by molar-refractivity contribution is 6.32. The third-order valence-corrected chi connectivity index (χ3v) is 5.51. The summed E-state index contributed by atoms with van der Waals surface area (Å²) >= 11 is 6.22. The summed E-state index contributed by atoms with van der Waals surface area (Å²) in [6, 6.07) is 14.1. The third kappa shape index (κ3) is 2.95. The molecule has 2 atom stereocenters. The molecule has 5 heteroatoms. The number of para-hydroxylation sites is 1. The van der Waals surface area contributed by atoms with Crippen molar-refractivity contribution in [1.82, 2.24) is 10.2 Å². The van der Waals surface area contributed by atoms with Crippen LogP contribution >= 0.6 is 11.6 Å². The number of ether oxygens (including phenoxy) is 1. The number of rotatable bonds is 2. The van der Waals surface area contributed by atoms with Crippen LogP contribution in [-0.4, -0.2) is 24.6 Å². The van der Waals surface area contributed by atoms with Gasteiger partial charge in [0.2, 0.25) is 0 Å². The number of amides is 2. The van der Waals surface area contributed by atoms with E-state index in [0.29, 0.717) is 17.4 Å². The monoisotopic (exact) mass is 356 g/mol. The topological polar surface area (TPSA) is 41.6 Å². The predicted octanol–water partition coefficient (Wildman–Crippen LogP) is 4.49. The van der Waals surface area contributed by atoms with Gasteiger partial charge in [-0.1, -0.05) is 48.0 Å². The Hall–Kier alpha value is -2.20. The van der Waals surface area contributed by atoms with Crippen molar-refractivity contribution in [2.45, 2.75) is 31.3 Å². The smallest absolute Gasteiger partial charge is 0.318 e. The molecule has 0 aromatic heterocycles. The Bertz CT molecular complexity index is 808. The van der Waals surface area contributed by atoms with Crippen LogP contribution in [0.3, 0.4) is 0 Å². The molecule has 0 saturated heterocycles. The van der Waals surface area contributed by atoms with Crippen LogP contribution in [0, 0.1) is 0 Å². The molecular formula is C20H21ClN2O2. The SMILES string of the molecule is CN(C(=O)NC1CCOc2c(Cl)cccc21)C1CCc2ccccc21. The van der Waals surface area contributed by atoms with Gasteiger partial charge in [0, 0.05) is 19.0 Å². The Morgan fingerprint density at radius 2 is 1.96 bits per heavy atom. The fraction of sp³-hybridized carbons (Fsp3) is 0.350. The quantitative estimate of drug-likeness (QED) is 0.861. The van der Waals surface area contributed by atoms with Crippen molar-refractivity contribution in [2.75, 3.05) is 13.7 Å². The van der Waals surface area contributed by atoms with E-state index in [0.717, 1.165) is 24.8 Å². The maximum Gasteiger partial charge on any atom is 0.318 e. The zero-order valence-electron chi connectivity index (χ0n) is 14.2. The van der Waals surface area contributed by atoms with Crippen LogP contribution in [0.5, 0.6) is 5.75 Å². The molecule has 130 valence electrons. The average molecular weight is 357 g/mol. The first-order valence-electron chi connectivity index (χ1n) is 8.67. The van der Waals surface area contributed by atoms with Gasteiger partial charge in [-0.15, -0.1) is 0 Å². The molecule has 1 aliphatic heterocycles. The number of carbonyl (C=O) groups is 1. The summed E-state index contributed by atoms with van der Waals surface area (Å²) in [6.07, 6.45) is 2.74. The van der Waals surface area contributed by atoms with Crippen LogP contribution in [0.1, 0.15) is 41.6 Å². The Labute approximate surface area is 152 Å². The van der Waals surface area contributed by atoms with E-state index in [1.54, 1.807) is 0 Å². The number of benzene rings is 2. The van der Waals surface area contributed by atoms with Crippen molar-refractivity contribution < 1.29 is 9.53 Å². The molecule has 0 fully saturated rings. The highest BCUT2D eigenvalue weighted by Gasteiger charge is 2.31. The van der Waals surface area contributed by atoms with Crippen molar-refractivity contribution >= 4 is 17.6 Å². The number of halogens is 1. The molecule has 2 aromatic carbocycles. The summed E-state index contributed by atoms with van der Waals surface area (Å²) < 4.78 is 5.68. The fourth-order valence-electron chi connectivity index (χ4n) is 3.87. The lowest BCUT2D eigenvalue weighted by Crippen LogP contribution is -2.42. The van der Waals surface area contributed by atoms with E-state index in [-0.39, 0.29) is 18.1 Å². The molecule has 0 bridgehead atoms. The molecule has 1 N–H and O–H groups in total. The molecule has 4 rings (SSSR count). The number of nitrogens with zero attached hydrogens (tertiary/aromatic N) is 1. The lowest BCUT2D eigenvalue weighted by atomic mass is 10.0. The number of hydrogen-bond acceptors (Lipinski definition) is 2. The summed E-state index contributed by atoms with van der Waals surface area (Å²) in [5.74, 6) is 0.689. The van der Waals surface area contributed by atoms with Crippen molar-refractivity contribution in [3.63, 3.8) is 0 Å². The van der Waals surface area contributed by atoms with E-state index < -0.39 is 0 Å². The van der Waals surface area contributed by atoms with Gasteiger partial charge in [0.15, 0.2) is 0 Å². The average Bonchev–Trinajstić information content (AvgIpc) is 3.06. The minimum absolute atomic E-state index is 0.0560. The normalized spacial score (nSPS) is 21.0. The van der Waals surface area contributed by atoms with Gasteiger partial charge in [0.05, 0.1) is 23.7 Å². The fourth-order valence-corrected chi connectivity index (χ4v) is 4.10. The van der Waals surface area contributed by atoms with Crippen LogP contribution in [0.4, 0.5) is 4.79 Å². The molecule has 25 heavy (non-hydrogen) atoms. The number of aryl methyl sites for hydroxylation is 1. The van der Waals surface area contributed by atoms with Gasteiger partial charge in [0.25, 0.3) is 0 Å². The van der Waals surface area contributed by atoms with Crippen molar-refractivity contribution in [3.8, 4) is 5.75 Å². The Morgan fingerprint density at radius 3 is 2.84 bits per heavy atom. The minimum atomic E-state index is -0.0750. The number of urea groups is 1. The Balaban J connectivity index is 1.51. The largest absolute Gasteiger partial charge is 0.492 e. The lowest BCUT2D eigenvalue weighted by molar-refractivity contribution is 0.179. The van der Waals surface area contributed by atoms with E-state index in [4.69, 9.17) is 16.3 Å². The van der Waals surface area contributed by atoms with Gasteiger partial charge in [-0.05, 0) is 30.0 Å². The molecule has 2 amide bonds. The van der Waals surface area contributed by atoms with Crippen LogP contribution < -0.4 is 10.1 Å². The van der Waals surface area contributed by atoms with Crippen LogP contribution in [0.15, 0.2) is 42.5 Å². The molecule has 0 saturated carbocycles. The lowest BCUT2D eigenvalue weighted by Gasteiger charge is -2.31. The highest BCUT2D eigenvalue weighted by atomic mass is 35.5. The second-order valence-corrected chi connectivity index (χ2v) is 7.07. The summed E-state index contributed by atoms with van der Waals surface area (Å²) in [4.78, 5) is 14.7. The number of fused-ring (bicyclic) bond motifs is 2. The number of hydrogen-bond donors (Lipinski definition) is 1. The molecule has 2 aliphatic rings. The maximum absolute atomic E-state index is 12.8. The molecule has 4 nitrogen and oxygen atoms in total. The zero-order chi connectivity index (χ0) is 17.4. The van der Waals surface area contributed by atoms with E-state index in [1.807, 2.05) is 36.2 Å². The van der Waals surface area contributed by atoms with Gasteiger partial charge >= 0.3 is 6.03 Å². The van der Waals surface area contributed by atoms with Crippen LogP contribution in [-0.2, 0) is 6.42 Å². The first-order chi connectivity index (χ1) is 12.1. The first kappa shape index (κ1) is 16.3. The third-order valence-electron chi connectivity index (χ3n) is 5.21. The van der Waals surface area contributed by atoms with E-state index in [1.165, 1.54) is 11.1 Å². The molecule has 0 spiro atoms. The second-order valence-electron chi connectivity index (χ2n) is 6.66. The highest BCUT2D eigenvalue weighted by Crippen LogP contribution is 2.38. The second kappa shape index (κ2) is 6.60. The Kier molecular flexibility index (Phi) is 4.30.